The van der Waals surface area contributed by atoms with Gasteiger partial charge in [0.15, 0.2) is 0 Å². The van der Waals surface area contributed by atoms with E-state index in [9.17, 15) is 0 Å². The van der Waals surface area contributed by atoms with Crippen LogP contribution < -0.4 is 10.2 Å². The molecule has 2 heterocycles. The van der Waals surface area contributed by atoms with Gasteiger partial charge in [-0.05, 0) is 37.0 Å². The van der Waals surface area contributed by atoms with Crippen LogP contribution in [0.3, 0.4) is 0 Å². The Kier molecular flexibility index (Phi) is 4.42. The molecular formula is C16H25N3O2. The van der Waals surface area contributed by atoms with Gasteiger partial charge in [0.1, 0.15) is 18.0 Å². The summed E-state index contributed by atoms with van der Waals surface area (Å²) in [4.78, 5) is 6.93. The maximum absolute atomic E-state index is 5.50. The van der Waals surface area contributed by atoms with Crippen molar-refractivity contribution < 1.29 is 9.47 Å². The normalized spacial score (nSPS) is 25.6. The van der Waals surface area contributed by atoms with Gasteiger partial charge in [0, 0.05) is 46.1 Å². The molecule has 1 aromatic heterocycles. The zero-order chi connectivity index (χ0) is 14.8. The minimum atomic E-state index is 0.118. The number of aromatic nitrogens is 1. The van der Waals surface area contributed by atoms with Crippen molar-refractivity contribution in [1.82, 2.24) is 10.3 Å². The number of aryl methyl sites for hydroxylation is 1. The van der Waals surface area contributed by atoms with Crippen molar-refractivity contribution in [2.45, 2.75) is 44.6 Å². The summed E-state index contributed by atoms with van der Waals surface area (Å²) in [7, 11) is 3.49. The van der Waals surface area contributed by atoms with Crippen LogP contribution in [0.1, 0.15) is 24.0 Å². The molecule has 3 rings (SSSR count). The lowest BCUT2D eigenvalue weighted by atomic mass is 10.2. The number of pyridine rings is 1. The number of hydrogen-bond donors (Lipinski definition) is 1. The zero-order valence-corrected chi connectivity index (χ0v) is 13.1. The predicted molar refractivity (Wildman–Crippen MR) is 82.6 cm³/mol. The van der Waals surface area contributed by atoms with E-state index in [-0.39, 0.29) is 12.2 Å². The average Bonchev–Trinajstić information content (AvgIpc) is 3.23. The van der Waals surface area contributed by atoms with Crippen LogP contribution in [0.2, 0.25) is 0 Å². The van der Waals surface area contributed by atoms with Crippen LogP contribution in [0.25, 0.3) is 0 Å². The molecule has 2 fully saturated rings. The maximum atomic E-state index is 5.50. The van der Waals surface area contributed by atoms with Crippen LogP contribution in [-0.2, 0) is 16.0 Å². The summed E-state index contributed by atoms with van der Waals surface area (Å²) in [5.74, 6) is 1.05. The highest BCUT2D eigenvalue weighted by molar-refractivity contribution is 5.49. The summed E-state index contributed by atoms with van der Waals surface area (Å²) in [5.41, 5.74) is 2.48. The van der Waals surface area contributed by atoms with E-state index in [1.54, 1.807) is 14.2 Å². The quantitative estimate of drug-likeness (QED) is 0.860. The van der Waals surface area contributed by atoms with Gasteiger partial charge in [-0.25, -0.2) is 4.98 Å². The van der Waals surface area contributed by atoms with E-state index < -0.39 is 0 Å². The van der Waals surface area contributed by atoms with E-state index in [1.165, 1.54) is 24.0 Å². The largest absolute Gasteiger partial charge is 0.377 e. The molecule has 5 heteroatoms. The molecule has 1 saturated heterocycles. The Morgan fingerprint density at radius 1 is 1.24 bits per heavy atom. The molecule has 5 nitrogen and oxygen atoms in total. The topological polar surface area (TPSA) is 46.6 Å². The van der Waals surface area contributed by atoms with Crippen molar-refractivity contribution in [2.75, 3.05) is 32.2 Å². The number of nitrogens with one attached hydrogen (secondary N) is 1. The van der Waals surface area contributed by atoms with Crippen molar-refractivity contribution in [3.05, 3.63) is 23.4 Å². The van der Waals surface area contributed by atoms with Crippen LogP contribution >= 0.6 is 0 Å². The van der Waals surface area contributed by atoms with Gasteiger partial charge in [0.25, 0.3) is 0 Å². The summed E-state index contributed by atoms with van der Waals surface area (Å²) < 4.78 is 11.0. The third-order valence-electron chi connectivity index (χ3n) is 4.40. The Balaban J connectivity index is 1.67. The molecule has 0 radical (unpaired) electrons. The molecule has 1 saturated carbocycles. The fourth-order valence-electron chi connectivity index (χ4n) is 2.97. The van der Waals surface area contributed by atoms with Gasteiger partial charge < -0.3 is 19.7 Å². The smallest absolute Gasteiger partial charge is 0.131 e. The van der Waals surface area contributed by atoms with Gasteiger partial charge in [-0.2, -0.15) is 0 Å². The molecule has 0 spiro atoms. The molecular weight excluding hydrogens is 266 g/mol. The van der Waals surface area contributed by atoms with Gasteiger partial charge >= 0.3 is 0 Å². The summed E-state index contributed by atoms with van der Waals surface area (Å²) in [5, 5.41) is 3.53. The molecule has 0 bridgehead atoms. The summed E-state index contributed by atoms with van der Waals surface area (Å²) in [6.07, 6.45) is 4.85. The molecule has 0 amide bonds. The van der Waals surface area contributed by atoms with E-state index in [4.69, 9.17) is 9.47 Å². The van der Waals surface area contributed by atoms with E-state index in [1.807, 2.05) is 6.20 Å². The summed E-state index contributed by atoms with van der Waals surface area (Å²) in [6, 6.07) is 2.97. The summed E-state index contributed by atoms with van der Waals surface area (Å²) >= 11 is 0. The lowest BCUT2D eigenvalue weighted by Gasteiger charge is -2.19. The fourth-order valence-corrected chi connectivity index (χ4v) is 2.97. The van der Waals surface area contributed by atoms with Gasteiger partial charge in [-0.3, -0.25) is 0 Å². The highest BCUT2D eigenvalue weighted by Crippen LogP contribution is 2.25. The van der Waals surface area contributed by atoms with E-state index in [2.05, 4.69) is 28.2 Å². The Bertz CT molecular complexity index is 478. The van der Waals surface area contributed by atoms with Crippen molar-refractivity contribution in [2.24, 2.45) is 0 Å². The molecule has 1 aliphatic carbocycles. The van der Waals surface area contributed by atoms with Crippen LogP contribution in [0, 0.1) is 6.92 Å². The number of anilines is 1. The lowest BCUT2D eigenvalue weighted by Crippen LogP contribution is -2.27. The first-order chi connectivity index (χ1) is 10.2. The Morgan fingerprint density at radius 2 is 1.90 bits per heavy atom. The Hall–Kier alpha value is -1.17. The Morgan fingerprint density at radius 3 is 2.43 bits per heavy atom. The van der Waals surface area contributed by atoms with E-state index in [0.717, 1.165) is 31.5 Å². The van der Waals surface area contributed by atoms with Crippen molar-refractivity contribution in [3.63, 3.8) is 0 Å². The van der Waals surface area contributed by atoms with Crippen molar-refractivity contribution in [1.29, 1.82) is 0 Å². The molecule has 2 unspecified atom stereocenters. The third-order valence-corrected chi connectivity index (χ3v) is 4.40. The van der Waals surface area contributed by atoms with Crippen LogP contribution in [0.5, 0.6) is 0 Å². The number of methoxy groups -OCH3 is 2. The van der Waals surface area contributed by atoms with E-state index >= 15 is 0 Å². The number of nitrogens with zero attached hydrogens (tertiary/aromatic N) is 2. The first kappa shape index (κ1) is 14.8. The fraction of sp³-hybridized carbons (Fsp3) is 0.688. The Labute approximate surface area is 126 Å². The lowest BCUT2D eigenvalue weighted by molar-refractivity contribution is -0.00461. The first-order valence-corrected chi connectivity index (χ1v) is 7.70. The van der Waals surface area contributed by atoms with Crippen LogP contribution in [0.4, 0.5) is 5.82 Å². The minimum absolute atomic E-state index is 0.118. The van der Waals surface area contributed by atoms with Crippen molar-refractivity contribution >= 4 is 5.82 Å². The highest BCUT2D eigenvalue weighted by Gasteiger charge is 2.34. The third kappa shape index (κ3) is 3.36. The van der Waals surface area contributed by atoms with Gasteiger partial charge in [-0.15, -0.1) is 0 Å². The predicted octanol–water partition coefficient (Wildman–Crippen LogP) is 1.49. The maximum Gasteiger partial charge on any atom is 0.131 e. The van der Waals surface area contributed by atoms with Gasteiger partial charge in [0.2, 0.25) is 0 Å². The first-order valence-electron chi connectivity index (χ1n) is 7.70. The second-order valence-corrected chi connectivity index (χ2v) is 6.09. The monoisotopic (exact) mass is 291 g/mol. The molecule has 2 atom stereocenters. The molecule has 1 aromatic rings. The van der Waals surface area contributed by atoms with Crippen molar-refractivity contribution in [3.8, 4) is 0 Å². The highest BCUT2D eigenvalue weighted by atomic mass is 16.5. The van der Waals surface area contributed by atoms with Crippen LogP contribution in [-0.4, -0.2) is 50.5 Å². The molecule has 0 aromatic carbocycles. The van der Waals surface area contributed by atoms with Gasteiger partial charge in [-0.1, -0.05) is 0 Å². The second-order valence-electron chi connectivity index (χ2n) is 6.09. The standard InChI is InChI=1S/C16H25N3O2/c1-11-6-12(7-17-13-4-5-13)8-18-16(11)19-9-14(20-2)15(10-19)21-3/h6,8,13-15,17H,4-5,7,9-10H2,1-3H3. The zero-order valence-electron chi connectivity index (χ0n) is 13.1. The number of rotatable bonds is 6. The second kappa shape index (κ2) is 6.30. The molecule has 116 valence electrons. The van der Waals surface area contributed by atoms with Crippen LogP contribution in [0.15, 0.2) is 12.3 Å². The minimum Gasteiger partial charge on any atom is -0.377 e. The van der Waals surface area contributed by atoms with E-state index in [0.29, 0.717) is 0 Å². The number of hydrogen-bond acceptors (Lipinski definition) is 5. The summed E-state index contributed by atoms with van der Waals surface area (Å²) in [6.45, 7) is 4.72. The van der Waals surface area contributed by atoms with Gasteiger partial charge in [0.05, 0.1) is 0 Å². The molecule has 1 N–H and O–H groups in total. The number of ether oxygens (including phenoxy) is 2. The average molecular weight is 291 g/mol. The molecule has 1 aliphatic heterocycles. The molecule has 2 aliphatic rings. The molecule has 21 heavy (non-hydrogen) atoms. The SMILES string of the molecule is COC1CN(c2ncc(CNC3CC3)cc2C)CC1OC.